The topological polar surface area (TPSA) is 37.3 Å². The molecule has 0 bridgehead atoms. The molecule has 0 spiro atoms. The van der Waals surface area contributed by atoms with Crippen molar-refractivity contribution in [1.29, 1.82) is 0 Å². The second-order valence-electron chi connectivity index (χ2n) is 3.27. The Hall–Kier alpha value is -0.530. The molecule has 1 rings (SSSR count). The summed E-state index contributed by atoms with van der Waals surface area (Å²) >= 11 is 0. The Morgan fingerprint density at radius 3 is 2.30 bits per heavy atom. The van der Waals surface area contributed by atoms with Gasteiger partial charge in [0.25, 0.3) is 0 Å². The van der Waals surface area contributed by atoms with Crippen LogP contribution in [0.1, 0.15) is 33.1 Å². The smallest absolute Gasteiger partial charge is 0.309 e. The Labute approximate surface area is 61.2 Å². The monoisotopic (exact) mass is 142 g/mol. The minimum absolute atomic E-state index is 0.325. The molecular weight excluding hydrogens is 128 g/mol. The summed E-state index contributed by atoms with van der Waals surface area (Å²) in [4.78, 5) is 10.7. The van der Waals surface area contributed by atoms with E-state index in [1.807, 2.05) is 13.8 Å². The molecule has 1 aliphatic rings. The zero-order chi connectivity index (χ0) is 7.78. The minimum Gasteiger partial charge on any atom is -0.481 e. The highest BCUT2D eigenvalue weighted by molar-refractivity contribution is 5.78. The SMILES string of the molecule is CCC(C)C1(C(=O)O)CC1. The van der Waals surface area contributed by atoms with E-state index < -0.39 is 5.97 Å². The van der Waals surface area contributed by atoms with E-state index in [-0.39, 0.29) is 5.41 Å². The van der Waals surface area contributed by atoms with Gasteiger partial charge in [-0.25, -0.2) is 0 Å². The molecule has 58 valence electrons. The zero-order valence-electron chi connectivity index (χ0n) is 6.55. The summed E-state index contributed by atoms with van der Waals surface area (Å²) in [5.41, 5.74) is -0.325. The van der Waals surface area contributed by atoms with E-state index in [1.165, 1.54) is 0 Å². The van der Waals surface area contributed by atoms with Crippen molar-refractivity contribution in [1.82, 2.24) is 0 Å². The van der Waals surface area contributed by atoms with Crippen molar-refractivity contribution in [3.05, 3.63) is 0 Å². The largest absolute Gasteiger partial charge is 0.481 e. The summed E-state index contributed by atoms with van der Waals surface area (Å²) in [6, 6.07) is 0. The molecule has 1 N–H and O–H groups in total. The molecule has 0 radical (unpaired) electrons. The average Bonchev–Trinajstić information content (AvgIpc) is 2.65. The molecule has 1 unspecified atom stereocenters. The summed E-state index contributed by atoms with van der Waals surface area (Å²) < 4.78 is 0. The van der Waals surface area contributed by atoms with Crippen LogP contribution in [-0.4, -0.2) is 11.1 Å². The fourth-order valence-electron chi connectivity index (χ4n) is 1.44. The van der Waals surface area contributed by atoms with E-state index in [4.69, 9.17) is 5.11 Å². The summed E-state index contributed by atoms with van der Waals surface area (Å²) in [6.07, 6.45) is 2.75. The van der Waals surface area contributed by atoms with Crippen LogP contribution in [0.3, 0.4) is 0 Å². The highest BCUT2D eigenvalue weighted by Crippen LogP contribution is 2.53. The predicted molar refractivity (Wildman–Crippen MR) is 38.8 cm³/mol. The van der Waals surface area contributed by atoms with Crippen LogP contribution in [0.15, 0.2) is 0 Å². The molecule has 0 amide bonds. The van der Waals surface area contributed by atoms with Crippen molar-refractivity contribution in [3.63, 3.8) is 0 Å². The molecule has 0 aromatic carbocycles. The standard InChI is InChI=1S/C8H14O2/c1-3-6(2)8(4-5-8)7(9)10/h6H,3-5H2,1-2H3,(H,9,10). The van der Waals surface area contributed by atoms with Crippen LogP contribution in [-0.2, 0) is 4.79 Å². The Balaban J connectivity index is 2.60. The zero-order valence-corrected chi connectivity index (χ0v) is 6.55. The Kier molecular flexibility index (Phi) is 1.71. The summed E-state index contributed by atoms with van der Waals surface area (Å²) in [7, 11) is 0. The van der Waals surface area contributed by atoms with E-state index in [0.29, 0.717) is 5.92 Å². The molecule has 2 heteroatoms. The summed E-state index contributed by atoms with van der Waals surface area (Å²) in [6.45, 7) is 4.08. The van der Waals surface area contributed by atoms with Crippen LogP contribution in [0.2, 0.25) is 0 Å². The third kappa shape index (κ3) is 0.917. The number of rotatable bonds is 3. The fraction of sp³-hybridized carbons (Fsp3) is 0.875. The molecule has 1 aliphatic carbocycles. The number of carboxylic acid groups (broad SMARTS) is 1. The second kappa shape index (κ2) is 2.26. The number of hydrogen-bond donors (Lipinski definition) is 1. The maximum Gasteiger partial charge on any atom is 0.309 e. The highest BCUT2D eigenvalue weighted by Gasteiger charge is 2.53. The lowest BCUT2D eigenvalue weighted by atomic mass is 9.89. The van der Waals surface area contributed by atoms with Crippen molar-refractivity contribution in [2.24, 2.45) is 11.3 Å². The Bertz CT molecular complexity index is 147. The minimum atomic E-state index is -0.596. The van der Waals surface area contributed by atoms with Gasteiger partial charge in [0.1, 0.15) is 0 Å². The first kappa shape index (κ1) is 7.58. The average molecular weight is 142 g/mol. The first-order valence-electron chi connectivity index (χ1n) is 3.87. The molecule has 0 aromatic heterocycles. The van der Waals surface area contributed by atoms with Crippen LogP contribution in [0.4, 0.5) is 0 Å². The number of hydrogen-bond acceptors (Lipinski definition) is 1. The van der Waals surface area contributed by atoms with Crippen LogP contribution in [0, 0.1) is 11.3 Å². The molecular formula is C8H14O2. The maximum absolute atomic E-state index is 10.7. The van der Waals surface area contributed by atoms with E-state index in [2.05, 4.69) is 0 Å². The lowest BCUT2D eigenvalue weighted by Crippen LogP contribution is -2.22. The second-order valence-corrected chi connectivity index (χ2v) is 3.27. The number of carbonyl (C=O) groups is 1. The van der Waals surface area contributed by atoms with E-state index in [9.17, 15) is 4.79 Å². The molecule has 1 saturated carbocycles. The quantitative estimate of drug-likeness (QED) is 0.653. The van der Waals surface area contributed by atoms with Crippen LogP contribution in [0.5, 0.6) is 0 Å². The highest BCUT2D eigenvalue weighted by atomic mass is 16.4. The van der Waals surface area contributed by atoms with Crippen molar-refractivity contribution < 1.29 is 9.90 Å². The third-order valence-corrected chi connectivity index (χ3v) is 2.77. The van der Waals surface area contributed by atoms with Crippen LogP contribution in [0.25, 0.3) is 0 Å². The molecule has 10 heavy (non-hydrogen) atoms. The normalized spacial score (nSPS) is 23.8. The summed E-state index contributed by atoms with van der Waals surface area (Å²) in [5.74, 6) is -0.244. The van der Waals surface area contributed by atoms with Gasteiger partial charge in [-0.2, -0.15) is 0 Å². The van der Waals surface area contributed by atoms with Gasteiger partial charge in [0.2, 0.25) is 0 Å². The molecule has 1 fully saturated rings. The van der Waals surface area contributed by atoms with Gasteiger partial charge in [0.15, 0.2) is 0 Å². The first-order valence-corrected chi connectivity index (χ1v) is 3.87. The van der Waals surface area contributed by atoms with E-state index in [1.54, 1.807) is 0 Å². The van der Waals surface area contributed by atoms with Gasteiger partial charge in [0, 0.05) is 0 Å². The van der Waals surface area contributed by atoms with E-state index >= 15 is 0 Å². The molecule has 2 nitrogen and oxygen atoms in total. The summed E-state index contributed by atoms with van der Waals surface area (Å²) in [5, 5.41) is 8.81. The number of aliphatic carboxylic acids is 1. The van der Waals surface area contributed by atoms with Crippen molar-refractivity contribution in [2.45, 2.75) is 33.1 Å². The molecule has 0 heterocycles. The predicted octanol–water partition coefficient (Wildman–Crippen LogP) is 1.90. The van der Waals surface area contributed by atoms with Gasteiger partial charge in [-0.1, -0.05) is 20.3 Å². The van der Waals surface area contributed by atoms with Gasteiger partial charge in [-0.3, -0.25) is 4.79 Å². The van der Waals surface area contributed by atoms with Gasteiger partial charge in [-0.05, 0) is 18.8 Å². The maximum atomic E-state index is 10.7. The lowest BCUT2D eigenvalue weighted by molar-refractivity contribution is -0.145. The van der Waals surface area contributed by atoms with Crippen molar-refractivity contribution in [3.8, 4) is 0 Å². The Morgan fingerprint density at radius 2 is 2.20 bits per heavy atom. The molecule has 0 aliphatic heterocycles. The molecule has 1 atom stereocenters. The van der Waals surface area contributed by atoms with E-state index in [0.717, 1.165) is 19.3 Å². The van der Waals surface area contributed by atoms with Gasteiger partial charge >= 0.3 is 5.97 Å². The Morgan fingerprint density at radius 1 is 1.70 bits per heavy atom. The third-order valence-electron chi connectivity index (χ3n) is 2.77. The van der Waals surface area contributed by atoms with Crippen molar-refractivity contribution >= 4 is 5.97 Å². The van der Waals surface area contributed by atoms with Gasteiger partial charge in [-0.15, -0.1) is 0 Å². The van der Waals surface area contributed by atoms with Crippen LogP contribution < -0.4 is 0 Å². The molecule has 0 saturated heterocycles. The van der Waals surface area contributed by atoms with Gasteiger partial charge in [0.05, 0.1) is 5.41 Å². The molecule has 0 aromatic rings. The van der Waals surface area contributed by atoms with Crippen LogP contribution >= 0.6 is 0 Å². The lowest BCUT2D eigenvalue weighted by Gasteiger charge is -2.16. The fourth-order valence-corrected chi connectivity index (χ4v) is 1.44. The number of carboxylic acids is 1. The first-order chi connectivity index (χ1) is 4.63. The van der Waals surface area contributed by atoms with Crippen molar-refractivity contribution in [2.75, 3.05) is 0 Å². The van der Waals surface area contributed by atoms with Gasteiger partial charge < -0.3 is 5.11 Å².